The molecule has 0 radical (unpaired) electrons. The molecule has 0 saturated carbocycles. The van der Waals surface area contributed by atoms with E-state index < -0.39 is 5.25 Å². The highest BCUT2D eigenvalue weighted by molar-refractivity contribution is 8.01. The number of anilines is 1. The lowest BCUT2D eigenvalue weighted by molar-refractivity contribution is -0.124. The van der Waals surface area contributed by atoms with Crippen LogP contribution in [0.4, 0.5) is 5.69 Å². The van der Waals surface area contributed by atoms with Crippen molar-refractivity contribution in [1.29, 1.82) is 0 Å². The molecular formula is C24H23N3O3S. The van der Waals surface area contributed by atoms with Crippen molar-refractivity contribution < 1.29 is 14.3 Å². The molecule has 0 aliphatic carbocycles. The van der Waals surface area contributed by atoms with Gasteiger partial charge in [0.2, 0.25) is 17.7 Å². The van der Waals surface area contributed by atoms with E-state index in [0.29, 0.717) is 12.4 Å². The standard InChI is InChI=1S/C24H23N3O3S/c1-15-7-8-16(2)19(11-15)30-23-10-9-17(14-26-23)13-25-22(28)12-21-24(29)27-18-5-3-4-6-20(18)31-21/h3-11,14,21H,12-13H2,1-2H3,(H,25,28)(H,27,29). The van der Waals surface area contributed by atoms with E-state index in [4.69, 9.17) is 4.74 Å². The van der Waals surface area contributed by atoms with Crippen LogP contribution in [0.25, 0.3) is 0 Å². The van der Waals surface area contributed by atoms with Crippen molar-refractivity contribution in [2.75, 3.05) is 5.32 Å². The topological polar surface area (TPSA) is 80.3 Å². The molecule has 0 spiro atoms. The molecule has 1 atom stereocenters. The van der Waals surface area contributed by atoms with Gasteiger partial charge in [-0.25, -0.2) is 4.98 Å². The summed E-state index contributed by atoms with van der Waals surface area (Å²) in [5.74, 6) is 0.951. The predicted molar refractivity (Wildman–Crippen MR) is 121 cm³/mol. The summed E-state index contributed by atoms with van der Waals surface area (Å²) in [6, 6.07) is 17.3. The minimum absolute atomic E-state index is 0.117. The summed E-state index contributed by atoms with van der Waals surface area (Å²) in [4.78, 5) is 29.9. The summed E-state index contributed by atoms with van der Waals surface area (Å²) in [7, 11) is 0. The van der Waals surface area contributed by atoms with Crippen LogP contribution in [0.15, 0.2) is 65.7 Å². The van der Waals surface area contributed by atoms with Gasteiger partial charge in [-0.3, -0.25) is 9.59 Å². The van der Waals surface area contributed by atoms with Gasteiger partial charge >= 0.3 is 0 Å². The number of amides is 2. The second-order valence-electron chi connectivity index (χ2n) is 7.45. The second-order valence-corrected chi connectivity index (χ2v) is 8.69. The van der Waals surface area contributed by atoms with Gasteiger partial charge < -0.3 is 15.4 Å². The van der Waals surface area contributed by atoms with Gasteiger partial charge in [-0.1, -0.05) is 30.3 Å². The lowest BCUT2D eigenvalue weighted by Gasteiger charge is -2.23. The monoisotopic (exact) mass is 433 g/mol. The van der Waals surface area contributed by atoms with Crippen LogP contribution in [0.5, 0.6) is 11.6 Å². The average molecular weight is 434 g/mol. The van der Waals surface area contributed by atoms with Crippen LogP contribution >= 0.6 is 11.8 Å². The maximum Gasteiger partial charge on any atom is 0.238 e. The lowest BCUT2D eigenvalue weighted by Crippen LogP contribution is -2.34. The summed E-state index contributed by atoms with van der Waals surface area (Å²) >= 11 is 1.42. The third kappa shape index (κ3) is 5.24. The Morgan fingerprint density at radius 2 is 2.00 bits per heavy atom. The third-order valence-electron chi connectivity index (χ3n) is 4.92. The second kappa shape index (κ2) is 9.22. The number of nitrogens with one attached hydrogen (secondary N) is 2. The van der Waals surface area contributed by atoms with Crippen LogP contribution in [0.2, 0.25) is 0 Å². The summed E-state index contributed by atoms with van der Waals surface area (Å²) in [6.45, 7) is 4.34. The number of carbonyl (C=O) groups excluding carboxylic acids is 2. The highest BCUT2D eigenvalue weighted by Gasteiger charge is 2.28. The number of ether oxygens (including phenoxy) is 1. The molecule has 6 nitrogen and oxygen atoms in total. The first-order chi connectivity index (χ1) is 15.0. The molecule has 158 valence electrons. The molecule has 31 heavy (non-hydrogen) atoms. The van der Waals surface area contributed by atoms with Crippen molar-refractivity contribution in [1.82, 2.24) is 10.3 Å². The van der Waals surface area contributed by atoms with Crippen LogP contribution in [0.1, 0.15) is 23.1 Å². The van der Waals surface area contributed by atoms with E-state index in [1.54, 1.807) is 12.3 Å². The Morgan fingerprint density at radius 3 is 2.81 bits per heavy atom. The third-order valence-corrected chi connectivity index (χ3v) is 6.20. The number of hydrogen-bond acceptors (Lipinski definition) is 5. The van der Waals surface area contributed by atoms with Crippen LogP contribution in [0, 0.1) is 13.8 Å². The van der Waals surface area contributed by atoms with Gasteiger partial charge in [0.05, 0.1) is 10.9 Å². The van der Waals surface area contributed by atoms with Crippen molar-refractivity contribution in [3.63, 3.8) is 0 Å². The lowest BCUT2D eigenvalue weighted by atomic mass is 10.1. The number of para-hydroxylation sites is 1. The molecule has 2 amide bonds. The van der Waals surface area contributed by atoms with Crippen LogP contribution in [-0.4, -0.2) is 22.0 Å². The Hall–Kier alpha value is -3.32. The molecule has 1 aliphatic rings. The Balaban J connectivity index is 1.30. The first kappa shape index (κ1) is 20.9. The Labute approximate surface area is 185 Å². The number of nitrogens with zero attached hydrogens (tertiary/aromatic N) is 1. The van der Waals surface area contributed by atoms with Crippen LogP contribution < -0.4 is 15.4 Å². The number of benzene rings is 2. The fraction of sp³-hybridized carbons (Fsp3) is 0.208. The normalized spacial score (nSPS) is 15.0. The summed E-state index contributed by atoms with van der Waals surface area (Å²) in [5.41, 5.74) is 3.81. The average Bonchev–Trinajstić information content (AvgIpc) is 2.76. The predicted octanol–water partition coefficient (Wildman–Crippen LogP) is 4.61. The van der Waals surface area contributed by atoms with Crippen LogP contribution in [-0.2, 0) is 16.1 Å². The van der Waals surface area contributed by atoms with Crippen molar-refractivity contribution in [3.05, 3.63) is 77.5 Å². The smallest absolute Gasteiger partial charge is 0.238 e. The molecule has 4 rings (SSSR count). The van der Waals surface area contributed by atoms with E-state index in [0.717, 1.165) is 33.0 Å². The van der Waals surface area contributed by atoms with E-state index in [1.807, 2.05) is 62.4 Å². The molecule has 1 aromatic heterocycles. The van der Waals surface area contributed by atoms with Gasteiger partial charge in [-0.2, -0.15) is 0 Å². The quantitative estimate of drug-likeness (QED) is 0.593. The number of rotatable bonds is 6. The zero-order valence-corrected chi connectivity index (χ0v) is 18.2. The first-order valence-corrected chi connectivity index (χ1v) is 10.9. The molecule has 3 aromatic rings. The fourth-order valence-corrected chi connectivity index (χ4v) is 4.28. The SMILES string of the molecule is Cc1ccc(C)c(Oc2ccc(CNC(=O)CC3Sc4ccccc4NC3=O)cn2)c1. The highest BCUT2D eigenvalue weighted by atomic mass is 32.2. The minimum Gasteiger partial charge on any atom is -0.439 e. The zero-order valence-electron chi connectivity index (χ0n) is 17.3. The number of pyridine rings is 1. The summed E-state index contributed by atoms with van der Waals surface area (Å²) in [5, 5.41) is 5.28. The van der Waals surface area contributed by atoms with Crippen molar-refractivity contribution >= 4 is 29.3 Å². The number of hydrogen-bond donors (Lipinski definition) is 2. The van der Waals surface area contributed by atoms with Gasteiger partial charge in [0.1, 0.15) is 5.75 Å². The van der Waals surface area contributed by atoms with Gasteiger partial charge in [0, 0.05) is 30.1 Å². The molecule has 7 heteroatoms. The first-order valence-electron chi connectivity index (χ1n) is 10.0. The molecule has 0 fully saturated rings. The molecule has 2 heterocycles. The van der Waals surface area contributed by atoms with Crippen molar-refractivity contribution in [2.24, 2.45) is 0 Å². The number of thioether (sulfide) groups is 1. The number of aromatic nitrogens is 1. The van der Waals surface area contributed by atoms with E-state index >= 15 is 0 Å². The maximum atomic E-state index is 12.4. The van der Waals surface area contributed by atoms with E-state index in [2.05, 4.69) is 15.6 Å². The van der Waals surface area contributed by atoms with Crippen molar-refractivity contribution in [3.8, 4) is 11.6 Å². The minimum atomic E-state index is -0.443. The maximum absolute atomic E-state index is 12.4. The van der Waals surface area contributed by atoms with E-state index in [1.165, 1.54) is 11.8 Å². The van der Waals surface area contributed by atoms with E-state index in [-0.39, 0.29) is 18.2 Å². The molecule has 0 bridgehead atoms. The number of fused-ring (bicyclic) bond motifs is 1. The molecule has 1 aliphatic heterocycles. The van der Waals surface area contributed by atoms with Crippen molar-refractivity contribution in [2.45, 2.75) is 37.0 Å². The molecule has 2 N–H and O–H groups in total. The van der Waals surface area contributed by atoms with Gasteiger partial charge in [-0.15, -0.1) is 11.8 Å². The van der Waals surface area contributed by atoms with E-state index in [9.17, 15) is 9.59 Å². The van der Waals surface area contributed by atoms with Gasteiger partial charge in [-0.05, 0) is 48.7 Å². The molecular weight excluding hydrogens is 410 g/mol. The van der Waals surface area contributed by atoms with Gasteiger partial charge in [0.15, 0.2) is 0 Å². The van der Waals surface area contributed by atoms with Gasteiger partial charge in [0.25, 0.3) is 0 Å². The molecule has 1 unspecified atom stereocenters. The van der Waals surface area contributed by atoms with Crippen LogP contribution in [0.3, 0.4) is 0 Å². The Bertz CT molecular complexity index is 1120. The highest BCUT2D eigenvalue weighted by Crippen LogP contribution is 2.36. The molecule has 0 saturated heterocycles. The Morgan fingerprint density at radius 1 is 1.16 bits per heavy atom. The Kier molecular flexibility index (Phi) is 6.23. The zero-order chi connectivity index (χ0) is 21.8. The summed E-state index contributed by atoms with van der Waals surface area (Å²) < 4.78 is 5.87. The number of carbonyl (C=O) groups is 2. The summed E-state index contributed by atoms with van der Waals surface area (Å²) in [6.07, 6.45) is 1.80. The fourth-order valence-electron chi connectivity index (χ4n) is 3.17. The largest absolute Gasteiger partial charge is 0.439 e. The molecule has 2 aromatic carbocycles. The number of aryl methyl sites for hydroxylation is 2.